The summed E-state index contributed by atoms with van der Waals surface area (Å²) in [6, 6.07) is 0. The molecule has 7 heteroatoms. The monoisotopic (exact) mass is 284 g/mol. The highest BCUT2D eigenvalue weighted by molar-refractivity contribution is 7.11. The van der Waals surface area contributed by atoms with Crippen LogP contribution in [-0.2, 0) is 14.3 Å². The standard InChI is InChI=1S/C12H16N2O4S/c1-3-17-12(16)9-7(2)14-19-11(9)13-10(15)8-5-4-6-18-8/h8H,3-6H2,1-2H3,(H,13,15)/t8-/m1/s1. The van der Waals surface area contributed by atoms with Gasteiger partial charge in [0.2, 0.25) is 0 Å². The van der Waals surface area contributed by atoms with Gasteiger partial charge in [-0.3, -0.25) is 4.79 Å². The molecular formula is C12H16N2O4S. The van der Waals surface area contributed by atoms with E-state index < -0.39 is 12.1 Å². The van der Waals surface area contributed by atoms with Gasteiger partial charge in [-0.05, 0) is 38.2 Å². The molecule has 104 valence electrons. The SMILES string of the molecule is CCOC(=O)c1c(C)nsc1NC(=O)[C@H]1CCCO1. The summed E-state index contributed by atoms with van der Waals surface area (Å²) in [6.45, 7) is 4.33. The zero-order valence-electron chi connectivity index (χ0n) is 10.9. The summed E-state index contributed by atoms with van der Waals surface area (Å²) >= 11 is 1.08. The van der Waals surface area contributed by atoms with Gasteiger partial charge in [0.15, 0.2) is 0 Å². The Labute approximate surface area is 115 Å². The Morgan fingerprint density at radius 1 is 1.58 bits per heavy atom. The van der Waals surface area contributed by atoms with Crippen LogP contribution in [0.1, 0.15) is 35.8 Å². The van der Waals surface area contributed by atoms with E-state index in [0.29, 0.717) is 29.3 Å². The van der Waals surface area contributed by atoms with Crippen LogP contribution < -0.4 is 5.32 Å². The predicted molar refractivity (Wildman–Crippen MR) is 70.4 cm³/mol. The van der Waals surface area contributed by atoms with E-state index in [1.165, 1.54) is 0 Å². The fourth-order valence-corrected chi connectivity index (χ4v) is 2.66. The molecule has 0 aliphatic carbocycles. The van der Waals surface area contributed by atoms with Crippen LogP contribution in [0.5, 0.6) is 0 Å². The third-order valence-corrected chi connectivity index (χ3v) is 3.66. The van der Waals surface area contributed by atoms with Crippen molar-refractivity contribution in [2.75, 3.05) is 18.5 Å². The lowest BCUT2D eigenvalue weighted by Crippen LogP contribution is -2.27. The van der Waals surface area contributed by atoms with Gasteiger partial charge in [-0.2, -0.15) is 4.37 Å². The van der Waals surface area contributed by atoms with Crippen LogP contribution in [-0.4, -0.2) is 35.6 Å². The van der Waals surface area contributed by atoms with E-state index in [1.807, 2.05) is 0 Å². The van der Waals surface area contributed by atoms with E-state index in [4.69, 9.17) is 9.47 Å². The smallest absolute Gasteiger partial charge is 0.343 e. The number of nitrogens with one attached hydrogen (secondary N) is 1. The van der Waals surface area contributed by atoms with Crippen LogP contribution in [0.2, 0.25) is 0 Å². The molecule has 1 fully saturated rings. The van der Waals surface area contributed by atoms with E-state index in [2.05, 4.69) is 9.69 Å². The average molecular weight is 284 g/mol. The Balaban J connectivity index is 2.11. The van der Waals surface area contributed by atoms with Gasteiger partial charge in [0.05, 0.1) is 12.3 Å². The number of aryl methyl sites for hydroxylation is 1. The second kappa shape index (κ2) is 6.12. The molecule has 1 N–H and O–H groups in total. The number of anilines is 1. The van der Waals surface area contributed by atoms with Crippen LogP contribution in [0.3, 0.4) is 0 Å². The zero-order valence-corrected chi connectivity index (χ0v) is 11.7. The topological polar surface area (TPSA) is 77.5 Å². The first kappa shape index (κ1) is 14.0. The van der Waals surface area contributed by atoms with E-state index in [-0.39, 0.29) is 12.5 Å². The highest BCUT2D eigenvalue weighted by Gasteiger charge is 2.27. The number of carbonyl (C=O) groups is 2. The van der Waals surface area contributed by atoms with Crippen LogP contribution in [0, 0.1) is 6.92 Å². The number of carbonyl (C=O) groups excluding carboxylic acids is 2. The second-order valence-corrected chi connectivity index (χ2v) is 4.96. The quantitative estimate of drug-likeness (QED) is 0.852. The molecule has 0 aromatic carbocycles. The molecule has 1 aliphatic heterocycles. The minimum atomic E-state index is -0.462. The summed E-state index contributed by atoms with van der Waals surface area (Å²) < 4.78 is 14.3. The average Bonchev–Trinajstić information content (AvgIpc) is 2.99. The van der Waals surface area contributed by atoms with Crippen molar-refractivity contribution in [3.8, 4) is 0 Å². The lowest BCUT2D eigenvalue weighted by Gasteiger charge is -2.10. The molecule has 1 aromatic rings. The Kier molecular flexibility index (Phi) is 4.49. The molecule has 0 spiro atoms. The van der Waals surface area contributed by atoms with Crippen LogP contribution in [0.25, 0.3) is 0 Å². The molecule has 1 aromatic heterocycles. The minimum absolute atomic E-state index is 0.230. The number of rotatable bonds is 4. The molecule has 1 amide bonds. The number of hydrogen-bond acceptors (Lipinski definition) is 6. The van der Waals surface area contributed by atoms with Crippen molar-refractivity contribution in [3.05, 3.63) is 11.3 Å². The lowest BCUT2D eigenvalue weighted by atomic mass is 10.2. The number of hydrogen-bond donors (Lipinski definition) is 1. The van der Waals surface area contributed by atoms with E-state index in [0.717, 1.165) is 18.0 Å². The molecule has 6 nitrogen and oxygen atoms in total. The van der Waals surface area contributed by atoms with Crippen molar-refractivity contribution in [1.82, 2.24) is 4.37 Å². The van der Waals surface area contributed by atoms with Gasteiger partial charge in [-0.15, -0.1) is 0 Å². The summed E-state index contributed by atoms with van der Waals surface area (Å²) in [5, 5.41) is 3.13. The van der Waals surface area contributed by atoms with Crippen molar-refractivity contribution in [3.63, 3.8) is 0 Å². The van der Waals surface area contributed by atoms with Crippen molar-refractivity contribution >= 4 is 28.4 Å². The third-order valence-electron chi connectivity index (χ3n) is 2.80. The zero-order chi connectivity index (χ0) is 13.8. The van der Waals surface area contributed by atoms with Gasteiger partial charge in [0, 0.05) is 6.61 Å². The maximum atomic E-state index is 11.9. The highest BCUT2D eigenvalue weighted by Crippen LogP contribution is 2.26. The van der Waals surface area contributed by atoms with Gasteiger partial charge < -0.3 is 14.8 Å². The molecule has 0 saturated carbocycles. The summed E-state index contributed by atoms with van der Waals surface area (Å²) in [7, 11) is 0. The summed E-state index contributed by atoms with van der Waals surface area (Å²) in [5.74, 6) is -0.692. The number of amides is 1. The van der Waals surface area contributed by atoms with Crippen LogP contribution in [0.15, 0.2) is 0 Å². The van der Waals surface area contributed by atoms with Crippen molar-refractivity contribution in [2.24, 2.45) is 0 Å². The minimum Gasteiger partial charge on any atom is -0.462 e. The first-order valence-electron chi connectivity index (χ1n) is 6.19. The maximum Gasteiger partial charge on any atom is 0.343 e. The highest BCUT2D eigenvalue weighted by atomic mass is 32.1. The lowest BCUT2D eigenvalue weighted by molar-refractivity contribution is -0.124. The van der Waals surface area contributed by atoms with Gasteiger partial charge in [-0.1, -0.05) is 0 Å². The van der Waals surface area contributed by atoms with Crippen molar-refractivity contribution in [1.29, 1.82) is 0 Å². The molecule has 1 atom stereocenters. The van der Waals surface area contributed by atoms with Crippen molar-refractivity contribution in [2.45, 2.75) is 32.8 Å². The first-order chi connectivity index (χ1) is 9.13. The molecule has 0 bridgehead atoms. The largest absolute Gasteiger partial charge is 0.462 e. The Morgan fingerprint density at radius 3 is 3.00 bits per heavy atom. The van der Waals surface area contributed by atoms with E-state index in [9.17, 15) is 9.59 Å². The van der Waals surface area contributed by atoms with E-state index >= 15 is 0 Å². The fraction of sp³-hybridized carbons (Fsp3) is 0.583. The van der Waals surface area contributed by atoms with E-state index in [1.54, 1.807) is 13.8 Å². The van der Waals surface area contributed by atoms with Crippen molar-refractivity contribution < 1.29 is 19.1 Å². The van der Waals surface area contributed by atoms with Gasteiger partial charge in [0.25, 0.3) is 5.91 Å². The molecular weight excluding hydrogens is 268 g/mol. The molecule has 1 aliphatic rings. The molecule has 0 radical (unpaired) electrons. The van der Waals surface area contributed by atoms with Crippen LogP contribution >= 0.6 is 11.5 Å². The van der Waals surface area contributed by atoms with Gasteiger partial charge in [-0.25, -0.2) is 4.79 Å². The van der Waals surface area contributed by atoms with Gasteiger partial charge in [0.1, 0.15) is 16.7 Å². The Bertz CT molecular complexity index is 480. The van der Waals surface area contributed by atoms with Crippen LogP contribution in [0.4, 0.5) is 5.00 Å². The Hall–Kier alpha value is -1.47. The molecule has 19 heavy (non-hydrogen) atoms. The maximum absolute atomic E-state index is 11.9. The molecule has 2 rings (SSSR count). The number of esters is 1. The first-order valence-corrected chi connectivity index (χ1v) is 6.96. The van der Waals surface area contributed by atoms with Gasteiger partial charge >= 0.3 is 5.97 Å². The second-order valence-electron chi connectivity index (χ2n) is 4.18. The summed E-state index contributed by atoms with van der Waals surface area (Å²) in [5.41, 5.74) is 0.893. The summed E-state index contributed by atoms with van der Waals surface area (Å²) in [6.07, 6.45) is 1.15. The summed E-state index contributed by atoms with van der Waals surface area (Å²) in [4.78, 5) is 23.8. The normalized spacial score (nSPS) is 18.3. The Morgan fingerprint density at radius 2 is 2.37 bits per heavy atom. The fourth-order valence-electron chi connectivity index (χ4n) is 1.88. The third kappa shape index (κ3) is 3.10. The molecule has 1 saturated heterocycles. The predicted octanol–water partition coefficient (Wildman–Crippen LogP) is 1.75. The number of aromatic nitrogens is 1. The number of ether oxygens (including phenoxy) is 2. The molecule has 0 unspecified atom stereocenters. The molecule has 2 heterocycles. The number of nitrogens with zero attached hydrogens (tertiary/aromatic N) is 1.